The summed E-state index contributed by atoms with van der Waals surface area (Å²) in [5, 5.41) is 2.59. The fraction of sp³-hybridized carbons (Fsp3) is 0.238. The van der Waals surface area contributed by atoms with Crippen molar-refractivity contribution in [3.8, 4) is 11.5 Å². The highest BCUT2D eigenvalue weighted by molar-refractivity contribution is 5.89. The van der Waals surface area contributed by atoms with Gasteiger partial charge < -0.3 is 19.5 Å². The SMILES string of the molecule is COc1cc(/C=C/C(=O)OCC(=O)NCCc2ccc(F)cc2)ccc1OC(F)F. The number of ether oxygens (including phenoxy) is 3. The average molecular weight is 423 g/mol. The number of rotatable bonds is 10. The monoisotopic (exact) mass is 423 g/mol. The molecule has 0 atom stereocenters. The van der Waals surface area contributed by atoms with Crippen LogP contribution in [0.25, 0.3) is 6.08 Å². The molecule has 6 nitrogen and oxygen atoms in total. The Bertz CT molecular complexity index is 885. The predicted molar refractivity (Wildman–Crippen MR) is 103 cm³/mol. The smallest absolute Gasteiger partial charge is 0.387 e. The quantitative estimate of drug-likeness (QED) is 0.469. The molecule has 0 bridgehead atoms. The molecule has 0 aliphatic carbocycles. The van der Waals surface area contributed by atoms with E-state index in [-0.39, 0.29) is 17.3 Å². The van der Waals surface area contributed by atoms with Gasteiger partial charge >= 0.3 is 12.6 Å². The van der Waals surface area contributed by atoms with E-state index in [9.17, 15) is 22.8 Å². The topological polar surface area (TPSA) is 73.9 Å². The molecule has 1 amide bonds. The van der Waals surface area contributed by atoms with Crippen molar-refractivity contribution in [2.75, 3.05) is 20.3 Å². The Hall–Kier alpha value is -3.49. The molecule has 2 aromatic rings. The second-order valence-electron chi connectivity index (χ2n) is 5.96. The van der Waals surface area contributed by atoms with E-state index in [0.29, 0.717) is 18.5 Å². The van der Waals surface area contributed by atoms with E-state index < -0.39 is 25.1 Å². The van der Waals surface area contributed by atoms with Crippen LogP contribution in [-0.4, -0.2) is 38.7 Å². The van der Waals surface area contributed by atoms with E-state index in [1.54, 1.807) is 12.1 Å². The minimum absolute atomic E-state index is 0.0753. The summed E-state index contributed by atoms with van der Waals surface area (Å²) in [4.78, 5) is 23.4. The van der Waals surface area contributed by atoms with Gasteiger partial charge in [-0.15, -0.1) is 0 Å². The second-order valence-corrected chi connectivity index (χ2v) is 5.96. The normalized spacial score (nSPS) is 10.8. The summed E-state index contributed by atoms with van der Waals surface area (Å²) >= 11 is 0. The van der Waals surface area contributed by atoms with Crippen molar-refractivity contribution in [1.82, 2.24) is 5.32 Å². The first kappa shape index (κ1) is 22.8. The molecule has 0 saturated carbocycles. The van der Waals surface area contributed by atoms with Gasteiger partial charge in [0.2, 0.25) is 0 Å². The number of hydrogen-bond donors (Lipinski definition) is 1. The summed E-state index contributed by atoms with van der Waals surface area (Å²) in [6.45, 7) is -3.14. The minimum atomic E-state index is -2.99. The zero-order chi connectivity index (χ0) is 21.9. The predicted octanol–water partition coefficient (Wildman–Crippen LogP) is 3.35. The third-order valence-corrected chi connectivity index (χ3v) is 3.81. The van der Waals surface area contributed by atoms with Gasteiger partial charge in [-0.1, -0.05) is 18.2 Å². The van der Waals surface area contributed by atoms with E-state index >= 15 is 0 Å². The molecule has 2 rings (SSSR count). The number of methoxy groups -OCH3 is 1. The molecule has 0 spiro atoms. The number of esters is 1. The van der Waals surface area contributed by atoms with Crippen LogP contribution in [0.3, 0.4) is 0 Å². The van der Waals surface area contributed by atoms with Gasteiger partial charge in [0.05, 0.1) is 7.11 Å². The molecule has 0 heterocycles. The fourth-order valence-corrected chi connectivity index (χ4v) is 2.38. The van der Waals surface area contributed by atoms with Crippen LogP contribution in [0.1, 0.15) is 11.1 Å². The molecule has 0 radical (unpaired) electrons. The lowest BCUT2D eigenvalue weighted by Crippen LogP contribution is -2.30. The lowest BCUT2D eigenvalue weighted by molar-refractivity contribution is -0.143. The Morgan fingerprint density at radius 2 is 1.83 bits per heavy atom. The van der Waals surface area contributed by atoms with Crippen molar-refractivity contribution in [1.29, 1.82) is 0 Å². The van der Waals surface area contributed by atoms with E-state index in [2.05, 4.69) is 10.1 Å². The molecule has 9 heteroatoms. The number of alkyl halides is 2. The van der Waals surface area contributed by atoms with Crippen molar-refractivity contribution in [3.05, 3.63) is 65.5 Å². The zero-order valence-electron chi connectivity index (χ0n) is 16.1. The maximum atomic E-state index is 12.8. The van der Waals surface area contributed by atoms with Crippen LogP contribution in [0.5, 0.6) is 11.5 Å². The molecule has 0 fully saturated rings. The summed E-state index contributed by atoms with van der Waals surface area (Å²) in [6, 6.07) is 10.0. The fourth-order valence-electron chi connectivity index (χ4n) is 2.38. The van der Waals surface area contributed by atoms with Crippen LogP contribution in [-0.2, 0) is 20.7 Å². The van der Waals surface area contributed by atoms with Gasteiger partial charge in [-0.05, 0) is 47.9 Å². The number of amides is 1. The lowest BCUT2D eigenvalue weighted by Gasteiger charge is -2.10. The maximum Gasteiger partial charge on any atom is 0.387 e. The summed E-state index contributed by atoms with van der Waals surface area (Å²) in [6.07, 6.45) is 2.98. The number of benzene rings is 2. The van der Waals surface area contributed by atoms with Crippen LogP contribution in [0.4, 0.5) is 13.2 Å². The third-order valence-electron chi connectivity index (χ3n) is 3.81. The van der Waals surface area contributed by atoms with E-state index in [4.69, 9.17) is 9.47 Å². The Morgan fingerprint density at radius 3 is 2.50 bits per heavy atom. The van der Waals surface area contributed by atoms with Crippen LogP contribution < -0.4 is 14.8 Å². The summed E-state index contributed by atoms with van der Waals surface area (Å²) in [7, 11) is 1.30. The summed E-state index contributed by atoms with van der Waals surface area (Å²) < 4.78 is 51.6. The van der Waals surface area contributed by atoms with Crippen molar-refractivity contribution in [2.45, 2.75) is 13.0 Å². The largest absolute Gasteiger partial charge is 0.493 e. The Kier molecular flexibility index (Phi) is 8.74. The number of nitrogens with one attached hydrogen (secondary N) is 1. The molecule has 0 unspecified atom stereocenters. The van der Waals surface area contributed by atoms with Gasteiger partial charge in [0.15, 0.2) is 18.1 Å². The first-order chi connectivity index (χ1) is 14.4. The lowest BCUT2D eigenvalue weighted by atomic mass is 10.1. The highest BCUT2D eigenvalue weighted by atomic mass is 19.3. The van der Waals surface area contributed by atoms with Gasteiger partial charge in [-0.2, -0.15) is 8.78 Å². The highest BCUT2D eigenvalue weighted by Crippen LogP contribution is 2.29. The Balaban J connectivity index is 1.76. The van der Waals surface area contributed by atoms with Crippen molar-refractivity contribution in [3.63, 3.8) is 0 Å². The van der Waals surface area contributed by atoms with Gasteiger partial charge in [-0.3, -0.25) is 4.79 Å². The van der Waals surface area contributed by atoms with E-state index in [0.717, 1.165) is 11.6 Å². The molecular weight excluding hydrogens is 403 g/mol. The first-order valence-electron chi connectivity index (χ1n) is 8.86. The van der Waals surface area contributed by atoms with E-state index in [1.165, 1.54) is 43.5 Å². The maximum absolute atomic E-state index is 12.8. The molecule has 1 N–H and O–H groups in total. The van der Waals surface area contributed by atoms with Crippen molar-refractivity contribution in [2.24, 2.45) is 0 Å². The zero-order valence-corrected chi connectivity index (χ0v) is 16.1. The number of halogens is 3. The van der Waals surface area contributed by atoms with E-state index in [1.807, 2.05) is 0 Å². The van der Waals surface area contributed by atoms with Crippen molar-refractivity contribution >= 4 is 18.0 Å². The van der Waals surface area contributed by atoms with Crippen LogP contribution in [0.15, 0.2) is 48.5 Å². The molecule has 160 valence electrons. The van der Waals surface area contributed by atoms with Gasteiger partial charge in [0, 0.05) is 12.6 Å². The van der Waals surface area contributed by atoms with Gasteiger partial charge in [-0.25, -0.2) is 9.18 Å². The first-order valence-corrected chi connectivity index (χ1v) is 8.86. The summed E-state index contributed by atoms with van der Waals surface area (Å²) in [5.41, 5.74) is 1.34. The van der Waals surface area contributed by atoms with Crippen LogP contribution >= 0.6 is 0 Å². The second kappa shape index (κ2) is 11.5. The minimum Gasteiger partial charge on any atom is -0.493 e. The molecule has 30 heavy (non-hydrogen) atoms. The molecule has 0 aliphatic rings. The average Bonchev–Trinajstić information content (AvgIpc) is 2.72. The standard InChI is InChI=1S/C21H20F3NO5/c1-28-18-12-15(4-8-17(18)30-21(23)24)5-9-20(27)29-13-19(26)25-11-10-14-2-6-16(22)7-3-14/h2-9,12,21H,10-11,13H2,1H3,(H,25,26)/b9-5+. The Labute approximate surface area is 171 Å². The van der Waals surface area contributed by atoms with Crippen LogP contribution in [0.2, 0.25) is 0 Å². The third kappa shape index (κ3) is 7.86. The van der Waals surface area contributed by atoms with Crippen molar-refractivity contribution < 1.29 is 37.0 Å². The molecule has 0 aliphatic heterocycles. The Morgan fingerprint density at radius 1 is 1.10 bits per heavy atom. The van der Waals surface area contributed by atoms with Gasteiger partial charge in [0.25, 0.3) is 5.91 Å². The number of carbonyl (C=O) groups excluding carboxylic acids is 2. The molecule has 2 aromatic carbocycles. The molecule has 0 aromatic heterocycles. The van der Waals surface area contributed by atoms with Crippen LogP contribution in [0, 0.1) is 5.82 Å². The number of carbonyl (C=O) groups is 2. The molecular formula is C21H20F3NO5. The van der Waals surface area contributed by atoms with Gasteiger partial charge in [0.1, 0.15) is 5.82 Å². The summed E-state index contributed by atoms with van der Waals surface area (Å²) in [5.74, 6) is -1.63. The number of hydrogen-bond acceptors (Lipinski definition) is 5. The highest BCUT2D eigenvalue weighted by Gasteiger charge is 2.10. The molecule has 0 saturated heterocycles.